The molecule has 0 aliphatic carbocycles. The molecule has 5 nitrogen and oxygen atoms in total. The molecule has 1 aliphatic heterocycles. The van der Waals surface area contributed by atoms with Gasteiger partial charge in [-0.15, -0.1) is 0 Å². The lowest BCUT2D eigenvalue weighted by molar-refractivity contribution is -0.144. The van der Waals surface area contributed by atoms with Crippen LogP contribution < -0.4 is 5.32 Å². The molecule has 2 amide bonds. The molecule has 1 saturated heterocycles. The molecule has 2 unspecified atom stereocenters. The summed E-state index contributed by atoms with van der Waals surface area (Å²) >= 11 is 0. The normalized spacial score (nSPS) is 20.4. The van der Waals surface area contributed by atoms with Crippen LogP contribution in [0.15, 0.2) is 0 Å². The summed E-state index contributed by atoms with van der Waals surface area (Å²) in [6, 6.07) is -0.330. The summed E-state index contributed by atoms with van der Waals surface area (Å²) in [7, 11) is 0. The van der Waals surface area contributed by atoms with Crippen LogP contribution in [0.25, 0.3) is 0 Å². The third kappa shape index (κ3) is 4.99. The van der Waals surface area contributed by atoms with Crippen LogP contribution in [0.4, 0.5) is 0 Å². The van der Waals surface area contributed by atoms with E-state index in [0.717, 1.165) is 19.3 Å². The van der Waals surface area contributed by atoms with Gasteiger partial charge in [0.1, 0.15) is 6.04 Å². The SMILES string of the molecule is CCC(CCO)CNC(=O)C1CCCN1C(=O)C(C)(C)C. The molecule has 1 heterocycles. The highest BCUT2D eigenvalue weighted by Gasteiger charge is 2.38. The van der Waals surface area contributed by atoms with Gasteiger partial charge in [0, 0.05) is 25.1 Å². The summed E-state index contributed by atoms with van der Waals surface area (Å²) in [5.41, 5.74) is -0.453. The summed E-state index contributed by atoms with van der Waals surface area (Å²) < 4.78 is 0. The second-order valence-electron chi connectivity index (χ2n) is 6.94. The summed E-state index contributed by atoms with van der Waals surface area (Å²) in [5, 5.41) is 11.9. The standard InChI is InChI=1S/C16H30N2O3/c1-5-12(8-10-19)11-17-14(20)13-7-6-9-18(13)15(21)16(2,3)4/h12-13,19H,5-11H2,1-4H3,(H,17,20). The maximum Gasteiger partial charge on any atom is 0.242 e. The van der Waals surface area contributed by atoms with Gasteiger partial charge in [-0.3, -0.25) is 9.59 Å². The summed E-state index contributed by atoms with van der Waals surface area (Å²) in [6.07, 6.45) is 3.25. The van der Waals surface area contributed by atoms with Gasteiger partial charge in [-0.05, 0) is 25.2 Å². The van der Waals surface area contributed by atoms with Crippen molar-refractivity contribution in [3.8, 4) is 0 Å². The number of aliphatic hydroxyl groups excluding tert-OH is 1. The Morgan fingerprint density at radius 3 is 2.57 bits per heavy atom. The van der Waals surface area contributed by atoms with Gasteiger partial charge >= 0.3 is 0 Å². The predicted octanol–water partition coefficient (Wildman–Crippen LogP) is 1.55. The first kappa shape index (κ1) is 18.0. The van der Waals surface area contributed by atoms with Crippen LogP contribution in [0, 0.1) is 11.3 Å². The molecular weight excluding hydrogens is 268 g/mol. The average molecular weight is 298 g/mol. The van der Waals surface area contributed by atoms with E-state index in [1.165, 1.54) is 0 Å². The van der Waals surface area contributed by atoms with Gasteiger partial charge in [0.05, 0.1) is 0 Å². The highest BCUT2D eigenvalue weighted by molar-refractivity contribution is 5.90. The van der Waals surface area contributed by atoms with E-state index in [9.17, 15) is 9.59 Å². The van der Waals surface area contributed by atoms with Crippen molar-refractivity contribution in [3.05, 3.63) is 0 Å². The number of carbonyl (C=O) groups is 2. The molecule has 21 heavy (non-hydrogen) atoms. The molecule has 0 saturated carbocycles. The number of hydrogen-bond acceptors (Lipinski definition) is 3. The first-order chi connectivity index (χ1) is 9.81. The lowest BCUT2D eigenvalue weighted by Gasteiger charge is -2.30. The molecule has 1 fully saturated rings. The zero-order valence-corrected chi connectivity index (χ0v) is 13.8. The minimum atomic E-state index is -0.453. The Balaban J connectivity index is 2.58. The van der Waals surface area contributed by atoms with Crippen molar-refractivity contribution in [1.29, 1.82) is 0 Å². The monoisotopic (exact) mass is 298 g/mol. The third-order valence-corrected chi connectivity index (χ3v) is 4.14. The number of carbonyl (C=O) groups excluding carboxylic acids is 2. The molecule has 0 radical (unpaired) electrons. The second-order valence-corrected chi connectivity index (χ2v) is 6.94. The number of nitrogens with one attached hydrogen (secondary N) is 1. The van der Waals surface area contributed by atoms with Crippen LogP contribution in [0.1, 0.15) is 53.4 Å². The lowest BCUT2D eigenvalue weighted by atomic mass is 9.94. The van der Waals surface area contributed by atoms with E-state index >= 15 is 0 Å². The molecular formula is C16H30N2O3. The van der Waals surface area contributed by atoms with Crippen molar-refractivity contribution in [2.45, 2.75) is 59.4 Å². The average Bonchev–Trinajstić information content (AvgIpc) is 2.90. The van der Waals surface area contributed by atoms with Gasteiger partial charge in [0.2, 0.25) is 11.8 Å². The molecule has 5 heteroatoms. The Kier molecular flexibility index (Phi) is 6.65. The van der Waals surface area contributed by atoms with E-state index in [1.54, 1.807) is 4.90 Å². The van der Waals surface area contributed by atoms with Crippen molar-refractivity contribution < 1.29 is 14.7 Å². The molecule has 0 aromatic heterocycles. The van der Waals surface area contributed by atoms with E-state index in [1.807, 2.05) is 20.8 Å². The first-order valence-electron chi connectivity index (χ1n) is 8.00. The lowest BCUT2D eigenvalue weighted by Crippen LogP contribution is -2.50. The number of nitrogens with zero attached hydrogens (tertiary/aromatic N) is 1. The van der Waals surface area contributed by atoms with Crippen molar-refractivity contribution in [3.63, 3.8) is 0 Å². The molecule has 0 aromatic carbocycles. The van der Waals surface area contributed by atoms with Crippen molar-refractivity contribution in [2.75, 3.05) is 19.7 Å². The van der Waals surface area contributed by atoms with Crippen LogP contribution in [0.3, 0.4) is 0 Å². The molecule has 0 aromatic rings. The molecule has 2 N–H and O–H groups in total. The summed E-state index contributed by atoms with van der Waals surface area (Å²) in [6.45, 7) is 9.10. The van der Waals surface area contributed by atoms with Crippen LogP contribution in [0.2, 0.25) is 0 Å². The minimum Gasteiger partial charge on any atom is -0.396 e. The van der Waals surface area contributed by atoms with Crippen molar-refractivity contribution in [1.82, 2.24) is 10.2 Å². The molecule has 0 spiro atoms. The second kappa shape index (κ2) is 7.78. The molecule has 122 valence electrons. The highest BCUT2D eigenvalue weighted by atomic mass is 16.3. The smallest absolute Gasteiger partial charge is 0.242 e. The van der Waals surface area contributed by atoms with Crippen LogP contribution in [0.5, 0.6) is 0 Å². The maximum absolute atomic E-state index is 12.4. The Bertz CT molecular complexity index is 363. The highest BCUT2D eigenvalue weighted by Crippen LogP contribution is 2.25. The van der Waals surface area contributed by atoms with Gasteiger partial charge in [-0.1, -0.05) is 34.1 Å². The fourth-order valence-corrected chi connectivity index (χ4v) is 2.71. The number of rotatable bonds is 6. The van der Waals surface area contributed by atoms with Gasteiger partial charge in [0.25, 0.3) is 0 Å². The quantitative estimate of drug-likeness (QED) is 0.781. The molecule has 1 rings (SSSR count). The van der Waals surface area contributed by atoms with Gasteiger partial charge in [-0.2, -0.15) is 0 Å². The van der Waals surface area contributed by atoms with E-state index < -0.39 is 5.41 Å². The Hall–Kier alpha value is -1.10. The topological polar surface area (TPSA) is 69.6 Å². The Labute approximate surface area is 128 Å². The van der Waals surface area contributed by atoms with E-state index in [0.29, 0.717) is 25.4 Å². The van der Waals surface area contributed by atoms with Gasteiger partial charge in [-0.25, -0.2) is 0 Å². The van der Waals surface area contributed by atoms with Crippen molar-refractivity contribution >= 4 is 11.8 Å². The van der Waals surface area contributed by atoms with E-state index in [-0.39, 0.29) is 24.5 Å². The number of likely N-dealkylation sites (tertiary alicyclic amines) is 1. The van der Waals surface area contributed by atoms with Gasteiger partial charge in [0.15, 0.2) is 0 Å². The van der Waals surface area contributed by atoms with Crippen LogP contribution in [-0.4, -0.2) is 47.6 Å². The Morgan fingerprint density at radius 1 is 1.38 bits per heavy atom. The van der Waals surface area contributed by atoms with Crippen molar-refractivity contribution in [2.24, 2.45) is 11.3 Å². The zero-order chi connectivity index (χ0) is 16.0. The van der Waals surface area contributed by atoms with Crippen LogP contribution in [-0.2, 0) is 9.59 Å². The summed E-state index contributed by atoms with van der Waals surface area (Å²) in [4.78, 5) is 26.5. The number of amides is 2. The number of hydrogen-bond donors (Lipinski definition) is 2. The molecule has 1 aliphatic rings. The van der Waals surface area contributed by atoms with E-state index in [2.05, 4.69) is 12.2 Å². The fraction of sp³-hybridized carbons (Fsp3) is 0.875. The van der Waals surface area contributed by atoms with Gasteiger partial charge < -0.3 is 15.3 Å². The maximum atomic E-state index is 12.4. The largest absolute Gasteiger partial charge is 0.396 e. The fourth-order valence-electron chi connectivity index (χ4n) is 2.71. The Morgan fingerprint density at radius 2 is 2.05 bits per heavy atom. The third-order valence-electron chi connectivity index (χ3n) is 4.14. The zero-order valence-electron chi connectivity index (χ0n) is 13.8. The number of aliphatic hydroxyl groups is 1. The molecule has 0 bridgehead atoms. The minimum absolute atomic E-state index is 0.0440. The van der Waals surface area contributed by atoms with Crippen LogP contribution >= 0.6 is 0 Å². The predicted molar refractivity (Wildman–Crippen MR) is 82.7 cm³/mol. The van der Waals surface area contributed by atoms with E-state index in [4.69, 9.17) is 5.11 Å². The molecule has 2 atom stereocenters. The first-order valence-corrected chi connectivity index (χ1v) is 8.00. The summed E-state index contributed by atoms with van der Waals surface area (Å²) in [5.74, 6) is 0.288.